The van der Waals surface area contributed by atoms with E-state index in [0.29, 0.717) is 0 Å². The number of anilines is 1. The molecule has 1 aromatic carbocycles. The van der Waals surface area contributed by atoms with E-state index in [1.54, 1.807) is 0 Å². The van der Waals surface area contributed by atoms with Crippen LogP contribution in [0.4, 0.5) is 5.69 Å². The highest BCUT2D eigenvalue weighted by molar-refractivity contribution is 5.42. The maximum atomic E-state index is 5.65. The Morgan fingerprint density at radius 1 is 1.20 bits per heavy atom. The summed E-state index contributed by atoms with van der Waals surface area (Å²) in [7, 11) is 0. The third-order valence-corrected chi connectivity index (χ3v) is 3.09. The summed E-state index contributed by atoms with van der Waals surface area (Å²) in [5.74, 6) is 0.912. The summed E-state index contributed by atoms with van der Waals surface area (Å²) < 4.78 is 7.56. The zero-order chi connectivity index (χ0) is 14.5. The number of nitrogens with zero attached hydrogens (tertiary/aromatic N) is 2. The zero-order valence-corrected chi connectivity index (χ0v) is 12.6. The van der Waals surface area contributed by atoms with Gasteiger partial charge in [0.15, 0.2) is 0 Å². The van der Waals surface area contributed by atoms with Crippen LogP contribution in [0.25, 0.3) is 0 Å². The Hall–Kier alpha value is -1.97. The molecule has 0 saturated heterocycles. The molecule has 0 radical (unpaired) electrons. The molecule has 0 aliphatic carbocycles. The number of ether oxygens (including phenoxy) is 1. The van der Waals surface area contributed by atoms with Gasteiger partial charge >= 0.3 is 0 Å². The van der Waals surface area contributed by atoms with E-state index in [1.165, 1.54) is 5.56 Å². The Labute approximate surface area is 120 Å². The Morgan fingerprint density at radius 3 is 2.45 bits per heavy atom. The molecule has 108 valence electrons. The van der Waals surface area contributed by atoms with E-state index in [2.05, 4.69) is 36.4 Å². The second kappa shape index (κ2) is 6.46. The van der Waals surface area contributed by atoms with E-state index in [4.69, 9.17) is 4.74 Å². The van der Waals surface area contributed by atoms with Gasteiger partial charge < -0.3 is 10.1 Å². The minimum Gasteiger partial charge on any atom is -0.491 e. The fourth-order valence-electron chi connectivity index (χ4n) is 2.05. The lowest BCUT2D eigenvalue weighted by Gasteiger charge is -2.15. The van der Waals surface area contributed by atoms with Crippen LogP contribution < -0.4 is 10.1 Å². The molecule has 1 heterocycles. The molecule has 0 bridgehead atoms. The smallest absolute Gasteiger partial charge is 0.119 e. The largest absolute Gasteiger partial charge is 0.491 e. The first kappa shape index (κ1) is 14.4. The number of rotatable bonds is 6. The molecule has 1 atom stereocenters. The average Bonchev–Trinajstić information content (AvgIpc) is 2.86. The molecule has 1 unspecified atom stereocenters. The van der Waals surface area contributed by atoms with Gasteiger partial charge in [0.2, 0.25) is 0 Å². The van der Waals surface area contributed by atoms with Crippen LogP contribution in [0, 0.1) is 0 Å². The summed E-state index contributed by atoms with van der Waals surface area (Å²) >= 11 is 0. The third kappa shape index (κ3) is 3.76. The third-order valence-electron chi connectivity index (χ3n) is 3.09. The van der Waals surface area contributed by atoms with Crippen molar-refractivity contribution < 1.29 is 4.74 Å². The molecule has 0 fully saturated rings. The van der Waals surface area contributed by atoms with E-state index < -0.39 is 0 Å². The minimum atomic E-state index is 0.205. The van der Waals surface area contributed by atoms with Crippen LogP contribution in [0.3, 0.4) is 0 Å². The van der Waals surface area contributed by atoms with Crippen molar-refractivity contribution in [1.29, 1.82) is 0 Å². The first-order valence-corrected chi connectivity index (χ1v) is 7.14. The molecule has 2 aromatic rings. The molecule has 1 aromatic heterocycles. The summed E-state index contributed by atoms with van der Waals surface area (Å²) in [6.45, 7) is 9.17. The second-order valence-corrected chi connectivity index (χ2v) is 5.19. The van der Waals surface area contributed by atoms with Gasteiger partial charge in [0.25, 0.3) is 0 Å². The van der Waals surface area contributed by atoms with Crippen LogP contribution in [0.5, 0.6) is 5.75 Å². The highest BCUT2D eigenvalue weighted by Gasteiger charge is 2.07. The van der Waals surface area contributed by atoms with Gasteiger partial charge in [0.1, 0.15) is 5.75 Å². The van der Waals surface area contributed by atoms with E-state index in [1.807, 2.05) is 43.1 Å². The topological polar surface area (TPSA) is 39.1 Å². The Morgan fingerprint density at radius 2 is 1.90 bits per heavy atom. The van der Waals surface area contributed by atoms with Crippen LogP contribution in [0.1, 0.15) is 39.3 Å². The van der Waals surface area contributed by atoms with Crippen molar-refractivity contribution in [2.75, 3.05) is 5.32 Å². The molecule has 0 saturated carbocycles. The van der Waals surface area contributed by atoms with E-state index in [0.717, 1.165) is 18.0 Å². The molecule has 0 aliphatic heterocycles. The highest BCUT2D eigenvalue weighted by atomic mass is 16.5. The Kier molecular flexibility index (Phi) is 4.66. The van der Waals surface area contributed by atoms with Crippen molar-refractivity contribution in [3.8, 4) is 5.75 Å². The molecule has 4 nitrogen and oxygen atoms in total. The first-order valence-electron chi connectivity index (χ1n) is 7.14. The summed E-state index contributed by atoms with van der Waals surface area (Å²) in [6.07, 6.45) is 4.08. The van der Waals surface area contributed by atoms with E-state index >= 15 is 0 Å². The van der Waals surface area contributed by atoms with E-state index in [-0.39, 0.29) is 12.1 Å². The summed E-state index contributed by atoms with van der Waals surface area (Å²) in [4.78, 5) is 0. The number of hydrogen-bond acceptors (Lipinski definition) is 3. The van der Waals surface area contributed by atoms with E-state index in [9.17, 15) is 0 Å². The minimum absolute atomic E-state index is 0.205. The molecule has 1 N–H and O–H groups in total. The quantitative estimate of drug-likeness (QED) is 0.868. The van der Waals surface area contributed by atoms with Gasteiger partial charge in [0.05, 0.1) is 18.0 Å². The fourth-order valence-corrected chi connectivity index (χ4v) is 2.05. The number of aryl methyl sites for hydroxylation is 1. The van der Waals surface area contributed by atoms with Crippen LogP contribution in [0.2, 0.25) is 0 Å². The monoisotopic (exact) mass is 273 g/mol. The second-order valence-electron chi connectivity index (χ2n) is 5.19. The molecule has 0 spiro atoms. The maximum absolute atomic E-state index is 5.65. The van der Waals surface area contributed by atoms with Crippen LogP contribution in [0.15, 0.2) is 36.7 Å². The van der Waals surface area contributed by atoms with Crippen LogP contribution in [-0.2, 0) is 6.54 Å². The van der Waals surface area contributed by atoms with Gasteiger partial charge in [-0.05, 0) is 45.4 Å². The zero-order valence-electron chi connectivity index (χ0n) is 12.6. The number of nitrogens with one attached hydrogen (secondary N) is 1. The molecular weight excluding hydrogens is 250 g/mol. The van der Waals surface area contributed by atoms with Gasteiger partial charge in [0, 0.05) is 18.8 Å². The number of benzene rings is 1. The van der Waals surface area contributed by atoms with Gasteiger partial charge in [-0.1, -0.05) is 12.1 Å². The molecule has 0 amide bonds. The summed E-state index contributed by atoms with van der Waals surface area (Å²) in [6, 6.07) is 8.46. The lowest BCUT2D eigenvalue weighted by molar-refractivity contribution is 0.242. The van der Waals surface area contributed by atoms with Crippen LogP contribution in [-0.4, -0.2) is 15.9 Å². The van der Waals surface area contributed by atoms with Crippen molar-refractivity contribution in [1.82, 2.24) is 9.78 Å². The molecule has 20 heavy (non-hydrogen) atoms. The molecular formula is C16H23N3O. The Balaban J connectivity index is 1.99. The fraction of sp³-hybridized carbons (Fsp3) is 0.438. The van der Waals surface area contributed by atoms with Gasteiger partial charge in [-0.25, -0.2) is 0 Å². The van der Waals surface area contributed by atoms with Crippen molar-refractivity contribution in [3.05, 3.63) is 42.2 Å². The number of aromatic nitrogens is 2. The Bertz CT molecular complexity index is 531. The SMILES string of the molecule is CCn1cc(NC(C)c2ccc(OC(C)C)cc2)cn1. The van der Waals surface area contributed by atoms with Gasteiger partial charge in [-0.15, -0.1) is 0 Å². The number of hydrogen-bond donors (Lipinski definition) is 1. The summed E-state index contributed by atoms with van der Waals surface area (Å²) in [5, 5.41) is 7.71. The lowest BCUT2D eigenvalue weighted by atomic mass is 10.1. The van der Waals surface area contributed by atoms with Crippen molar-refractivity contribution in [3.63, 3.8) is 0 Å². The molecule has 2 rings (SSSR count). The maximum Gasteiger partial charge on any atom is 0.119 e. The predicted molar refractivity (Wildman–Crippen MR) is 82.1 cm³/mol. The van der Waals surface area contributed by atoms with Crippen molar-refractivity contribution in [2.24, 2.45) is 0 Å². The highest BCUT2D eigenvalue weighted by Crippen LogP contribution is 2.21. The van der Waals surface area contributed by atoms with Crippen molar-refractivity contribution in [2.45, 2.75) is 46.4 Å². The van der Waals surface area contributed by atoms with Crippen molar-refractivity contribution >= 4 is 5.69 Å². The predicted octanol–water partition coefficient (Wildman–Crippen LogP) is 3.86. The van der Waals surface area contributed by atoms with Gasteiger partial charge in [-0.2, -0.15) is 5.10 Å². The lowest BCUT2D eigenvalue weighted by Crippen LogP contribution is -2.07. The summed E-state index contributed by atoms with van der Waals surface area (Å²) in [5.41, 5.74) is 2.27. The average molecular weight is 273 g/mol. The standard InChI is InChI=1S/C16H23N3O/c1-5-19-11-15(10-17-19)18-13(4)14-6-8-16(9-7-14)20-12(2)3/h6-13,18H,5H2,1-4H3. The van der Waals surface area contributed by atoms with Gasteiger partial charge in [-0.3, -0.25) is 4.68 Å². The normalized spacial score (nSPS) is 12.4. The first-order chi connectivity index (χ1) is 9.58. The molecule has 0 aliphatic rings. The van der Waals surface area contributed by atoms with Crippen LogP contribution >= 0.6 is 0 Å². The molecule has 4 heteroatoms.